The first-order chi connectivity index (χ1) is 6.72. The molecule has 0 aromatic heterocycles. The maximum atomic E-state index is 11.1. The molecule has 3 saturated heterocycles. The van der Waals surface area contributed by atoms with Crippen LogP contribution >= 0.6 is 0 Å². The largest absolute Gasteiger partial charge is 0.481 e. The zero-order valence-electron chi connectivity index (χ0n) is 8.78. The topological polar surface area (TPSA) is 40.5 Å². The van der Waals surface area contributed by atoms with Crippen LogP contribution in [0.3, 0.4) is 0 Å². The summed E-state index contributed by atoms with van der Waals surface area (Å²) in [5.41, 5.74) is 0. The average Bonchev–Trinajstić information content (AvgIpc) is 2.20. The maximum Gasteiger partial charge on any atom is 0.308 e. The monoisotopic (exact) mass is 197 g/mol. The molecule has 0 saturated carbocycles. The normalized spacial score (nSPS) is 38.2. The standard InChI is InChI=1S/C11H19NO2/c1-2-9(11(13)14)10-7-8-3-5-12(10)6-4-8/h8-10H,2-7H2,1H3,(H,13,14). The second kappa shape index (κ2) is 3.89. The Morgan fingerprint density at radius 2 is 2.14 bits per heavy atom. The van der Waals surface area contributed by atoms with E-state index in [1.165, 1.54) is 12.8 Å². The average molecular weight is 197 g/mol. The van der Waals surface area contributed by atoms with Gasteiger partial charge in [0.25, 0.3) is 0 Å². The number of hydrogen-bond acceptors (Lipinski definition) is 2. The fraction of sp³-hybridized carbons (Fsp3) is 0.909. The van der Waals surface area contributed by atoms with Gasteiger partial charge in [-0.2, -0.15) is 0 Å². The zero-order chi connectivity index (χ0) is 10.1. The van der Waals surface area contributed by atoms with Gasteiger partial charge in [0.1, 0.15) is 0 Å². The van der Waals surface area contributed by atoms with Gasteiger partial charge in [-0.15, -0.1) is 0 Å². The Labute approximate surface area is 85.1 Å². The third-order valence-corrected chi connectivity index (χ3v) is 3.91. The van der Waals surface area contributed by atoms with Crippen molar-refractivity contribution in [1.82, 2.24) is 4.90 Å². The van der Waals surface area contributed by atoms with E-state index in [1.807, 2.05) is 6.92 Å². The maximum absolute atomic E-state index is 11.1. The predicted octanol–water partition coefficient (Wildman–Crippen LogP) is 1.58. The van der Waals surface area contributed by atoms with Gasteiger partial charge in [0.05, 0.1) is 5.92 Å². The Hall–Kier alpha value is -0.570. The van der Waals surface area contributed by atoms with E-state index in [4.69, 9.17) is 5.11 Å². The lowest BCUT2D eigenvalue weighted by Crippen LogP contribution is -2.53. The minimum Gasteiger partial charge on any atom is -0.481 e. The van der Waals surface area contributed by atoms with Gasteiger partial charge in [0.2, 0.25) is 0 Å². The number of carboxylic acid groups (broad SMARTS) is 1. The minimum absolute atomic E-state index is 0.141. The van der Waals surface area contributed by atoms with Crippen LogP contribution in [0.5, 0.6) is 0 Å². The molecule has 3 heterocycles. The van der Waals surface area contributed by atoms with E-state index in [-0.39, 0.29) is 5.92 Å². The molecule has 3 aliphatic heterocycles. The summed E-state index contributed by atoms with van der Waals surface area (Å²) in [6, 6.07) is 0.324. The first kappa shape index (κ1) is 9.97. The van der Waals surface area contributed by atoms with E-state index in [0.717, 1.165) is 31.8 Å². The van der Waals surface area contributed by atoms with Crippen LogP contribution in [-0.4, -0.2) is 35.1 Å². The second-order valence-corrected chi connectivity index (χ2v) is 4.64. The highest BCUT2D eigenvalue weighted by Crippen LogP contribution is 2.35. The Kier molecular flexibility index (Phi) is 2.77. The van der Waals surface area contributed by atoms with Crippen molar-refractivity contribution in [3.63, 3.8) is 0 Å². The van der Waals surface area contributed by atoms with E-state index in [2.05, 4.69) is 4.90 Å². The van der Waals surface area contributed by atoms with Crippen molar-refractivity contribution in [2.45, 2.75) is 38.6 Å². The summed E-state index contributed by atoms with van der Waals surface area (Å²) in [4.78, 5) is 13.5. The Morgan fingerprint density at radius 1 is 1.50 bits per heavy atom. The molecule has 0 spiro atoms. The third kappa shape index (κ3) is 1.65. The van der Waals surface area contributed by atoms with Gasteiger partial charge in [-0.05, 0) is 44.7 Å². The highest BCUT2D eigenvalue weighted by Gasteiger charge is 2.39. The lowest BCUT2D eigenvalue weighted by atomic mass is 9.77. The minimum atomic E-state index is -0.606. The van der Waals surface area contributed by atoms with Crippen LogP contribution in [0.2, 0.25) is 0 Å². The Bertz CT molecular complexity index is 221. The van der Waals surface area contributed by atoms with Crippen LogP contribution in [0.25, 0.3) is 0 Å². The number of fused-ring (bicyclic) bond motifs is 3. The smallest absolute Gasteiger partial charge is 0.308 e. The van der Waals surface area contributed by atoms with Crippen molar-refractivity contribution in [1.29, 1.82) is 0 Å². The SMILES string of the molecule is CCC(C(=O)O)C1CC2CCN1CC2. The van der Waals surface area contributed by atoms with Gasteiger partial charge in [-0.25, -0.2) is 0 Å². The Balaban J connectivity index is 2.06. The third-order valence-electron chi connectivity index (χ3n) is 3.91. The number of aliphatic carboxylic acids is 1. The second-order valence-electron chi connectivity index (χ2n) is 4.64. The van der Waals surface area contributed by atoms with Gasteiger partial charge in [0, 0.05) is 6.04 Å². The molecule has 0 radical (unpaired) electrons. The molecule has 3 heteroatoms. The quantitative estimate of drug-likeness (QED) is 0.746. The Morgan fingerprint density at radius 3 is 2.50 bits per heavy atom. The molecule has 1 N–H and O–H groups in total. The lowest BCUT2D eigenvalue weighted by molar-refractivity contribution is -0.146. The van der Waals surface area contributed by atoms with Crippen molar-refractivity contribution in [3.05, 3.63) is 0 Å². The summed E-state index contributed by atoms with van der Waals surface area (Å²) in [6.45, 7) is 4.24. The van der Waals surface area contributed by atoms with E-state index in [1.54, 1.807) is 0 Å². The number of rotatable bonds is 3. The summed E-state index contributed by atoms with van der Waals surface area (Å²) in [5, 5.41) is 9.13. The number of piperidine rings is 3. The highest BCUT2D eigenvalue weighted by molar-refractivity contribution is 5.70. The molecule has 3 aliphatic rings. The first-order valence-corrected chi connectivity index (χ1v) is 5.69. The summed E-state index contributed by atoms with van der Waals surface area (Å²) in [7, 11) is 0. The lowest BCUT2D eigenvalue weighted by Gasteiger charge is -2.47. The molecule has 0 aromatic rings. The van der Waals surface area contributed by atoms with Crippen LogP contribution in [0.4, 0.5) is 0 Å². The molecule has 2 atom stereocenters. The summed E-state index contributed by atoms with van der Waals surface area (Å²) in [6.07, 6.45) is 4.45. The fourth-order valence-corrected chi connectivity index (χ4v) is 3.04. The molecular weight excluding hydrogens is 178 g/mol. The number of hydrogen-bond donors (Lipinski definition) is 1. The molecule has 0 amide bonds. The van der Waals surface area contributed by atoms with E-state index in [9.17, 15) is 4.79 Å². The van der Waals surface area contributed by atoms with Gasteiger partial charge >= 0.3 is 5.97 Å². The molecule has 2 bridgehead atoms. The predicted molar refractivity (Wildman–Crippen MR) is 54.1 cm³/mol. The van der Waals surface area contributed by atoms with Crippen molar-refractivity contribution < 1.29 is 9.90 Å². The van der Waals surface area contributed by atoms with Crippen LogP contribution < -0.4 is 0 Å². The van der Waals surface area contributed by atoms with Crippen LogP contribution in [0, 0.1) is 11.8 Å². The van der Waals surface area contributed by atoms with Crippen molar-refractivity contribution >= 4 is 5.97 Å². The van der Waals surface area contributed by atoms with Crippen LogP contribution in [0.15, 0.2) is 0 Å². The van der Waals surface area contributed by atoms with E-state index < -0.39 is 5.97 Å². The molecule has 3 fully saturated rings. The number of carboxylic acids is 1. The van der Waals surface area contributed by atoms with Gasteiger partial charge in [-0.1, -0.05) is 6.92 Å². The first-order valence-electron chi connectivity index (χ1n) is 5.69. The van der Waals surface area contributed by atoms with E-state index in [0.29, 0.717) is 6.04 Å². The molecule has 2 unspecified atom stereocenters. The zero-order valence-corrected chi connectivity index (χ0v) is 8.78. The molecule has 0 aliphatic carbocycles. The van der Waals surface area contributed by atoms with Crippen molar-refractivity contribution in [2.75, 3.05) is 13.1 Å². The summed E-state index contributed by atoms with van der Waals surface area (Å²) in [5.74, 6) is 0.0570. The molecule has 80 valence electrons. The van der Waals surface area contributed by atoms with Gasteiger partial charge in [0.15, 0.2) is 0 Å². The molecule has 14 heavy (non-hydrogen) atoms. The summed E-state index contributed by atoms with van der Waals surface area (Å²) < 4.78 is 0. The number of nitrogens with zero attached hydrogens (tertiary/aromatic N) is 1. The highest BCUT2D eigenvalue weighted by atomic mass is 16.4. The van der Waals surface area contributed by atoms with Crippen molar-refractivity contribution in [3.8, 4) is 0 Å². The van der Waals surface area contributed by atoms with Crippen LogP contribution in [0.1, 0.15) is 32.6 Å². The van der Waals surface area contributed by atoms with Gasteiger partial charge < -0.3 is 5.11 Å². The molecule has 3 rings (SSSR count). The summed E-state index contributed by atoms with van der Waals surface area (Å²) >= 11 is 0. The fourth-order valence-electron chi connectivity index (χ4n) is 3.04. The van der Waals surface area contributed by atoms with E-state index >= 15 is 0 Å². The van der Waals surface area contributed by atoms with Crippen LogP contribution in [-0.2, 0) is 4.79 Å². The van der Waals surface area contributed by atoms with Crippen molar-refractivity contribution in [2.24, 2.45) is 11.8 Å². The molecule has 0 aromatic carbocycles. The number of carbonyl (C=O) groups is 1. The molecule has 3 nitrogen and oxygen atoms in total. The molecular formula is C11H19NO2. The van der Waals surface area contributed by atoms with Gasteiger partial charge in [-0.3, -0.25) is 9.69 Å².